The van der Waals surface area contributed by atoms with Gasteiger partial charge in [0.05, 0.1) is 12.1 Å². The molecule has 0 bridgehead atoms. The average Bonchev–Trinajstić information content (AvgIpc) is 3.59. The van der Waals surface area contributed by atoms with E-state index in [2.05, 4.69) is 17.2 Å². The molecule has 0 aromatic heterocycles. The van der Waals surface area contributed by atoms with Gasteiger partial charge in [-0.2, -0.15) is 0 Å². The van der Waals surface area contributed by atoms with E-state index >= 15 is 0 Å². The van der Waals surface area contributed by atoms with Crippen LogP contribution < -0.4 is 10.6 Å². The van der Waals surface area contributed by atoms with Gasteiger partial charge >= 0.3 is 6.03 Å². The molecule has 2 saturated heterocycles. The molecule has 290 valence electrons. The minimum Gasteiger partial charge on any atom is -0.333 e. The fourth-order valence-electron chi connectivity index (χ4n) is 8.88. The highest BCUT2D eigenvalue weighted by Gasteiger charge is 2.63. The molecule has 2 heterocycles. The predicted molar refractivity (Wildman–Crippen MR) is 199 cm³/mol. The second-order valence-electron chi connectivity index (χ2n) is 19.1. The molecule has 4 rings (SSSR count). The fraction of sp³-hybridized carbons (Fsp3) is 0.780. The Morgan fingerprint density at radius 2 is 1.56 bits per heavy atom. The SMILES string of the molecule is C=CCCC(=O)C(=O)C(CCC)CC(=O)[C@@H]1[C@H]2CCC3(CC3)[C@H]2CN1C(=O)[C@@H](NC(=O)N[C@H](CN1C(=O)CC(C)(C)CC1=O)C(C)(C)C)C(C)(C)C. The van der Waals surface area contributed by atoms with E-state index in [1.807, 2.05) is 62.3 Å². The number of carbonyl (C=O) groups is 7. The van der Waals surface area contributed by atoms with Gasteiger partial charge in [-0.05, 0) is 72.0 Å². The summed E-state index contributed by atoms with van der Waals surface area (Å²) in [7, 11) is 0. The summed E-state index contributed by atoms with van der Waals surface area (Å²) < 4.78 is 0. The van der Waals surface area contributed by atoms with Crippen LogP contribution in [0.25, 0.3) is 0 Å². The molecule has 2 N–H and O–H groups in total. The Morgan fingerprint density at radius 1 is 0.942 bits per heavy atom. The molecule has 4 fully saturated rings. The number of rotatable bonds is 15. The number of nitrogens with one attached hydrogen (secondary N) is 2. The Hall–Kier alpha value is -3.37. The van der Waals surface area contributed by atoms with E-state index in [0.29, 0.717) is 25.8 Å². The maximum Gasteiger partial charge on any atom is 0.315 e. The first-order valence-corrected chi connectivity index (χ1v) is 19.5. The molecular formula is C41H64N4O7. The van der Waals surface area contributed by atoms with E-state index in [1.165, 1.54) is 4.90 Å². The first-order chi connectivity index (χ1) is 24.0. The molecule has 0 aromatic rings. The molecule has 1 spiro atoms. The summed E-state index contributed by atoms with van der Waals surface area (Å²) in [6.07, 6.45) is 7.48. The number of likely N-dealkylation sites (tertiary alicyclic amines) is 2. The van der Waals surface area contributed by atoms with Gasteiger partial charge in [-0.1, -0.05) is 74.8 Å². The van der Waals surface area contributed by atoms with Gasteiger partial charge < -0.3 is 15.5 Å². The standard InChI is InChI=1S/C41H64N4O7/c1-11-13-15-28(46)34(50)25(14-12-2)20-29(47)33-26-16-17-41(18-19-41)27(26)23-45(33)36(51)35(39(6,7)8)43-37(52)42-30(38(3,4)5)24-44-31(48)21-40(9,10)22-32(44)49/h11,25-27,30,33,35H,1,12-24H2,2-10H3,(H2,42,43,52)/t25?,26-,27-,30+,33-,35+/m0/s1. The first-order valence-electron chi connectivity index (χ1n) is 19.5. The number of carbonyl (C=O) groups excluding carboxylic acids is 7. The van der Waals surface area contributed by atoms with E-state index in [0.717, 1.165) is 25.7 Å². The van der Waals surface area contributed by atoms with Crippen LogP contribution in [0, 0.1) is 39.4 Å². The summed E-state index contributed by atoms with van der Waals surface area (Å²) in [6, 6.07) is -2.93. The average molecular weight is 725 g/mol. The lowest BCUT2D eigenvalue weighted by Crippen LogP contribution is -2.62. The highest BCUT2D eigenvalue weighted by Crippen LogP contribution is 2.66. The quantitative estimate of drug-likeness (QED) is 0.123. The molecule has 5 amide bonds. The first kappa shape index (κ1) is 41.4. The smallest absolute Gasteiger partial charge is 0.315 e. The molecule has 0 radical (unpaired) electrons. The zero-order valence-electron chi connectivity index (χ0n) is 33.2. The number of nitrogens with zero attached hydrogens (tertiary/aromatic N) is 2. The molecule has 2 aliphatic carbocycles. The molecule has 2 aliphatic heterocycles. The van der Waals surface area contributed by atoms with E-state index in [9.17, 15) is 33.6 Å². The third-order valence-corrected chi connectivity index (χ3v) is 12.2. The number of ketones is 3. The van der Waals surface area contributed by atoms with Crippen molar-refractivity contribution in [2.24, 2.45) is 39.4 Å². The van der Waals surface area contributed by atoms with E-state index in [4.69, 9.17) is 0 Å². The van der Waals surface area contributed by atoms with Gasteiger partial charge in [0.2, 0.25) is 23.5 Å². The third kappa shape index (κ3) is 9.22. The third-order valence-electron chi connectivity index (χ3n) is 12.2. The Balaban J connectivity index is 1.56. The number of hydrogen-bond acceptors (Lipinski definition) is 7. The van der Waals surface area contributed by atoms with Crippen molar-refractivity contribution in [3.05, 3.63) is 12.7 Å². The molecule has 1 unspecified atom stereocenters. The van der Waals surface area contributed by atoms with Gasteiger partial charge in [0.15, 0.2) is 11.6 Å². The number of amides is 5. The number of fused-ring (bicyclic) bond motifs is 2. The zero-order chi connectivity index (χ0) is 39.0. The summed E-state index contributed by atoms with van der Waals surface area (Å²) in [5, 5.41) is 5.92. The van der Waals surface area contributed by atoms with Gasteiger partial charge in [0, 0.05) is 44.7 Å². The van der Waals surface area contributed by atoms with Crippen LogP contribution in [0.5, 0.6) is 0 Å². The predicted octanol–water partition coefficient (Wildman–Crippen LogP) is 5.79. The van der Waals surface area contributed by atoms with Crippen molar-refractivity contribution in [1.82, 2.24) is 20.4 Å². The van der Waals surface area contributed by atoms with Crippen LogP contribution in [-0.4, -0.2) is 82.1 Å². The minimum absolute atomic E-state index is 0.0146. The van der Waals surface area contributed by atoms with Gasteiger partial charge in [-0.3, -0.25) is 33.7 Å². The molecule has 4 aliphatic rings. The number of urea groups is 1. The van der Waals surface area contributed by atoms with E-state index in [-0.39, 0.29) is 73.0 Å². The van der Waals surface area contributed by atoms with Crippen molar-refractivity contribution in [3.63, 3.8) is 0 Å². The molecule has 11 heteroatoms. The number of imide groups is 1. The molecular weight excluding hydrogens is 660 g/mol. The van der Waals surface area contributed by atoms with Gasteiger partial charge in [0.1, 0.15) is 6.04 Å². The lowest BCUT2D eigenvalue weighted by atomic mass is 9.80. The largest absolute Gasteiger partial charge is 0.333 e. The topological polar surface area (TPSA) is 150 Å². The molecule has 52 heavy (non-hydrogen) atoms. The van der Waals surface area contributed by atoms with Crippen molar-refractivity contribution in [2.75, 3.05) is 13.1 Å². The lowest BCUT2D eigenvalue weighted by Gasteiger charge is -2.40. The van der Waals surface area contributed by atoms with Crippen molar-refractivity contribution in [3.8, 4) is 0 Å². The second kappa shape index (κ2) is 15.5. The maximum absolute atomic E-state index is 14.7. The van der Waals surface area contributed by atoms with Gasteiger partial charge in [-0.25, -0.2) is 4.79 Å². The van der Waals surface area contributed by atoms with Crippen molar-refractivity contribution < 1.29 is 33.6 Å². The van der Waals surface area contributed by atoms with E-state index < -0.39 is 57.9 Å². The highest BCUT2D eigenvalue weighted by atomic mass is 16.2. The fourth-order valence-corrected chi connectivity index (χ4v) is 8.88. The van der Waals surface area contributed by atoms with Crippen LogP contribution in [0.15, 0.2) is 12.7 Å². The Kier molecular flexibility index (Phi) is 12.4. The zero-order valence-corrected chi connectivity index (χ0v) is 33.2. The lowest BCUT2D eigenvalue weighted by molar-refractivity contribution is -0.153. The molecule has 6 atom stereocenters. The van der Waals surface area contributed by atoms with Gasteiger partial charge in [0.25, 0.3) is 0 Å². The minimum atomic E-state index is -0.995. The van der Waals surface area contributed by atoms with Crippen LogP contribution in [0.4, 0.5) is 4.79 Å². The normalized spacial score (nSPS) is 25.3. The molecule has 0 aromatic carbocycles. The van der Waals surface area contributed by atoms with Crippen LogP contribution in [0.1, 0.15) is 133 Å². The van der Waals surface area contributed by atoms with Gasteiger partial charge in [-0.15, -0.1) is 6.58 Å². The van der Waals surface area contributed by atoms with Crippen LogP contribution in [-0.2, 0) is 28.8 Å². The number of hydrogen-bond donors (Lipinski definition) is 2. The van der Waals surface area contributed by atoms with Crippen molar-refractivity contribution >= 4 is 41.1 Å². The monoisotopic (exact) mass is 724 g/mol. The van der Waals surface area contributed by atoms with E-state index in [1.54, 1.807) is 11.0 Å². The Labute approximate surface area is 310 Å². The number of Topliss-reactive ketones (excluding diaryl/α,β-unsaturated/α-hetero) is 3. The summed E-state index contributed by atoms with van der Waals surface area (Å²) in [5.41, 5.74) is -1.56. The Bertz CT molecular complexity index is 1430. The summed E-state index contributed by atoms with van der Waals surface area (Å²) in [4.78, 5) is 97.8. The molecule has 2 saturated carbocycles. The van der Waals surface area contributed by atoms with Crippen LogP contribution in [0.3, 0.4) is 0 Å². The summed E-state index contributed by atoms with van der Waals surface area (Å²) >= 11 is 0. The highest BCUT2D eigenvalue weighted by molar-refractivity contribution is 6.38. The summed E-state index contributed by atoms with van der Waals surface area (Å²) in [5.74, 6) is -2.68. The Morgan fingerprint density at radius 3 is 2.08 bits per heavy atom. The van der Waals surface area contributed by atoms with Crippen LogP contribution in [0.2, 0.25) is 0 Å². The number of allylic oxidation sites excluding steroid dienone is 1. The molecule has 11 nitrogen and oxygen atoms in total. The van der Waals surface area contributed by atoms with Crippen LogP contribution >= 0.6 is 0 Å². The number of piperidine rings is 1. The second-order valence-corrected chi connectivity index (χ2v) is 19.1. The maximum atomic E-state index is 14.7. The summed E-state index contributed by atoms with van der Waals surface area (Å²) in [6.45, 7) is 21.1. The van der Waals surface area contributed by atoms with Crippen molar-refractivity contribution in [2.45, 2.75) is 151 Å². The van der Waals surface area contributed by atoms with Crippen molar-refractivity contribution in [1.29, 1.82) is 0 Å².